The Labute approximate surface area is 102 Å². The van der Waals surface area contributed by atoms with Crippen molar-refractivity contribution in [3.63, 3.8) is 0 Å². The molecule has 1 aromatic heterocycles. The fourth-order valence-corrected chi connectivity index (χ4v) is 1.40. The maximum Gasteiger partial charge on any atom is 0.432 e. The Morgan fingerprint density at radius 1 is 1.05 bits per heavy atom. The molecule has 8 heteroatoms. The first-order valence-electron chi connectivity index (χ1n) is 4.91. The maximum atomic E-state index is 13.0. The molecule has 1 aromatic carbocycles. The molecule has 0 fully saturated rings. The average molecular weight is 276 g/mol. The Bertz CT molecular complexity index is 678. The third kappa shape index (κ3) is 2.61. The molecule has 0 aliphatic rings. The van der Waals surface area contributed by atoms with Crippen molar-refractivity contribution in [1.29, 1.82) is 0 Å². The minimum atomic E-state index is -4.74. The number of halogens is 5. The van der Waals surface area contributed by atoms with Crippen molar-refractivity contribution >= 4 is 0 Å². The van der Waals surface area contributed by atoms with Gasteiger partial charge in [0.1, 0.15) is 11.4 Å². The fourth-order valence-electron chi connectivity index (χ4n) is 1.40. The molecule has 1 N–H and O–H groups in total. The molecule has 0 bridgehead atoms. The molecule has 1 heterocycles. The minimum absolute atomic E-state index is 0.117. The van der Waals surface area contributed by atoms with E-state index in [1.807, 2.05) is 0 Å². The second-order valence-electron chi connectivity index (χ2n) is 3.62. The van der Waals surface area contributed by atoms with Gasteiger partial charge in [-0.05, 0) is 18.2 Å². The number of aromatic amines is 1. The summed E-state index contributed by atoms with van der Waals surface area (Å²) >= 11 is 0. The van der Waals surface area contributed by atoms with Gasteiger partial charge >= 0.3 is 6.18 Å². The van der Waals surface area contributed by atoms with Gasteiger partial charge in [0, 0.05) is 11.6 Å². The molecule has 3 nitrogen and oxygen atoms in total. The molecule has 0 amide bonds. The van der Waals surface area contributed by atoms with E-state index in [-0.39, 0.29) is 5.56 Å². The zero-order valence-corrected chi connectivity index (χ0v) is 9.05. The number of aromatic nitrogens is 2. The third-order valence-corrected chi connectivity index (χ3v) is 2.30. The SMILES string of the molecule is O=c1cc(C(F)(F)F)[nH]nc1-c1ccc(F)c(F)c1. The number of alkyl halides is 3. The highest BCUT2D eigenvalue weighted by molar-refractivity contribution is 5.58. The van der Waals surface area contributed by atoms with Gasteiger partial charge in [0.15, 0.2) is 11.6 Å². The molecule has 0 radical (unpaired) electrons. The minimum Gasteiger partial charge on any atom is -0.287 e. The molecule has 0 aliphatic heterocycles. The average Bonchev–Trinajstić information content (AvgIpc) is 2.31. The van der Waals surface area contributed by atoms with Crippen molar-refractivity contribution in [3.05, 3.63) is 51.8 Å². The molecule has 0 saturated carbocycles. The highest BCUT2D eigenvalue weighted by Gasteiger charge is 2.32. The molecule has 19 heavy (non-hydrogen) atoms. The maximum absolute atomic E-state index is 13.0. The van der Waals surface area contributed by atoms with E-state index in [4.69, 9.17) is 0 Å². The van der Waals surface area contributed by atoms with E-state index in [9.17, 15) is 26.7 Å². The van der Waals surface area contributed by atoms with E-state index in [2.05, 4.69) is 5.10 Å². The van der Waals surface area contributed by atoms with Crippen molar-refractivity contribution < 1.29 is 22.0 Å². The van der Waals surface area contributed by atoms with Crippen molar-refractivity contribution in [2.75, 3.05) is 0 Å². The first-order valence-corrected chi connectivity index (χ1v) is 4.91. The van der Waals surface area contributed by atoms with Gasteiger partial charge in [0.2, 0.25) is 5.43 Å². The summed E-state index contributed by atoms with van der Waals surface area (Å²) in [5, 5.41) is 4.90. The Morgan fingerprint density at radius 2 is 1.74 bits per heavy atom. The second kappa shape index (κ2) is 4.45. The molecule has 0 saturated heterocycles. The van der Waals surface area contributed by atoms with E-state index < -0.39 is 34.6 Å². The lowest BCUT2D eigenvalue weighted by molar-refractivity contribution is -0.141. The van der Waals surface area contributed by atoms with E-state index in [1.165, 1.54) is 0 Å². The van der Waals surface area contributed by atoms with Crippen LogP contribution in [0.15, 0.2) is 29.1 Å². The normalized spacial score (nSPS) is 11.6. The number of benzene rings is 1. The number of H-pyrrole nitrogens is 1. The molecule has 0 atom stereocenters. The zero-order valence-electron chi connectivity index (χ0n) is 9.05. The standard InChI is InChI=1S/C11H5F5N2O/c12-6-2-1-5(3-7(6)13)10-8(19)4-9(17-18-10)11(14,15)16/h1-4H,(H,17,19). The van der Waals surface area contributed by atoms with E-state index >= 15 is 0 Å². The van der Waals surface area contributed by atoms with Gasteiger partial charge in [-0.25, -0.2) is 8.78 Å². The van der Waals surface area contributed by atoms with Gasteiger partial charge in [-0.3, -0.25) is 9.89 Å². The summed E-state index contributed by atoms with van der Waals surface area (Å²) in [7, 11) is 0. The van der Waals surface area contributed by atoms with E-state index in [0.29, 0.717) is 12.1 Å². The van der Waals surface area contributed by atoms with Crippen LogP contribution >= 0.6 is 0 Å². The lowest BCUT2D eigenvalue weighted by Gasteiger charge is -2.06. The Balaban J connectivity index is 2.52. The highest BCUT2D eigenvalue weighted by Crippen LogP contribution is 2.26. The predicted octanol–water partition coefficient (Wildman–Crippen LogP) is 2.73. The monoisotopic (exact) mass is 276 g/mol. The van der Waals surface area contributed by atoms with Crippen molar-refractivity contribution in [2.24, 2.45) is 0 Å². The number of nitrogens with one attached hydrogen (secondary N) is 1. The summed E-state index contributed by atoms with van der Waals surface area (Å²) in [6.45, 7) is 0. The van der Waals surface area contributed by atoms with Crippen molar-refractivity contribution in [3.8, 4) is 11.3 Å². The molecule has 0 spiro atoms. The lowest BCUT2D eigenvalue weighted by Crippen LogP contribution is -2.17. The Morgan fingerprint density at radius 3 is 2.26 bits per heavy atom. The van der Waals surface area contributed by atoms with E-state index in [1.54, 1.807) is 5.10 Å². The fraction of sp³-hybridized carbons (Fsp3) is 0.0909. The lowest BCUT2D eigenvalue weighted by atomic mass is 10.1. The van der Waals surface area contributed by atoms with Crippen LogP contribution < -0.4 is 5.43 Å². The summed E-state index contributed by atoms with van der Waals surface area (Å²) in [5.41, 5.74) is -2.90. The van der Waals surface area contributed by atoms with Gasteiger partial charge in [0.05, 0.1) is 0 Å². The van der Waals surface area contributed by atoms with Gasteiger partial charge in [-0.15, -0.1) is 0 Å². The molecular formula is C11H5F5N2O. The number of rotatable bonds is 1. The molecular weight excluding hydrogens is 271 g/mol. The first kappa shape index (κ1) is 13.2. The first-order chi connectivity index (χ1) is 8.79. The van der Waals surface area contributed by atoms with E-state index in [0.717, 1.165) is 12.1 Å². The van der Waals surface area contributed by atoms with Crippen molar-refractivity contribution in [2.45, 2.75) is 6.18 Å². The zero-order chi connectivity index (χ0) is 14.2. The second-order valence-corrected chi connectivity index (χ2v) is 3.62. The summed E-state index contributed by atoms with van der Waals surface area (Å²) in [5.74, 6) is -2.36. The molecule has 0 aliphatic carbocycles. The van der Waals surface area contributed by atoms with Crippen LogP contribution in [0, 0.1) is 11.6 Å². The van der Waals surface area contributed by atoms with Crippen LogP contribution in [0.1, 0.15) is 5.69 Å². The van der Waals surface area contributed by atoms with Crippen LogP contribution in [-0.4, -0.2) is 10.2 Å². The van der Waals surface area contributed by atoms with Crippen molar-refractivity contribution in [1.82, 2.24) is 10.2 Å². The summed E-state index contributed by atoms with van der Waals surface area (Å²) in [6.07, 6.45) is -4.74. The summed E-state index contributed by atoms with van der Waals surface area (Å²) in [4.78, 5) is 11.5. The Hall–Kier alpha value is -2.25. The van der Waals surface area contributed by atoms with Crippen LogP contribution in [-0.2, 0) is 6.18 Å². The summed E-state index contributed by atoms with van der Waals surface area (Å²) < 4.78 is 62.6. The molecule has 2 aromatic rings. The van der Waals surface area contributed by atoms with Gasteiger partial charge in [-0.1, -0.05) is 0 Å². The highest BCUT2D eigenvalue weighted by atomic mass is 19.4. The summed E-state index contributed by atoms with van der Waals surface area (Å²) in [6, 6.07) is 2.79. The van der Waals surface area contributed by atoms with Crippen LogP contribution in [0.2, 0.25) is 0 Å². The molecule has 2 rings (SSSR count). The third-order valence-electron chi connectivity index (χ3n) is 2.30. The molecule has 0 unspecified atom stereocenters. The quantitative estimate of drug-likeness (QED) is 0.814. The molecule has 100 valence electrons. The van der Waals surface area contributed by atoms with Crippen LogP contribution in [0.25, 0.3) is 11.3 Å². The number of hydrogen-bond acceptors (Lipinski definition) is 2. The smallest absolute Gasteiger partial charge is 0.287 e. The topological polar surface area (TPSA) is 45.8 Å². The van der Waals surface area contributed by atoms with Gasteiger partial charge in [0.25, 0.3) is 0 Å². The Kier molecular flexibility index (Phi) is 3.09. The predicted molar refractivity (Wildman–Crippen MR) is 55.2 cm³/mol. The van der Waals surface area contributed by atoms with Gasteiger partial charge < -0.3 is 0 Å². The largest absolute Gasteiger partial charge is 0.432 e. The van der Waals surface area contributed by atoms with Crippen LogP contribution in [0.4, 0.5) is 22.0 Å². The van der Waals surface area contributed by atoms with Crippen LogP contribution in [0.5, 0.6) is 0 Å². The van der Waals surface area contributed by atoms with Gasteiger partial charge in [-0.2, -0.15) is 18.3 Å². The van der Waals surface area contributed by atoms with Crippen LogP contribution in [0.3, 0.4) is 0 Å². The number of hydrogen-bond donors (Lipinski definition) is 1. The number of nitrogens with zero attached hydrogens (tertiary/aromatic N) is 1.